The van der Waals surface area contributed by atoms with Crippen molar-refractivity contribution in [3.63, 3.8) is 0 Å². The van der Waals surface area contributed by atoms with E-state index in [4.69, 9.17) is 5.73 Å². The first-order valence-electron chi connectivity index (χ1n) is 5.74. The molecule has 0 saturated heterocycles. The summed E-state index contributed by atoms with van der Waals surface area (Å²) in [6.45, 7) is 0.590. The van der Waals surface area contributed by atoms with Crippen molar-refractivity contribution in [1.29, 1.82) is 0 Å². The lowest BCUT2D eigenvalue weighted by atomic mass is 9.89. The van der Waals surface area contributed by atoms with E-state index in [2.05, 4.69) is 0 Å². The van der Waals surface area contributed by atoms with Gasteiger partial charge < -0.3 is 5.73 Å². The number of benzene rings is 1. The molecule has 1 saturated carbocycles. The van der Waals surface area contributed by atoms with Crippen molar-refractivity contribution in [2.45, 2.75) is 37.8 Å². The largest absolute Gasteiger partial charge is 0.330 e. The minimum atomic E-state index is -1.08. The van der Waals surface area contributed by atoms with Crippen LogP contribution in [0.25, 0.3) is 0 Å². The van der Waals surface area contributed by atoms with Gasteiger partial charge in [-0.05, 0) is 49.8 Å². The molecule has 0 bridgehead atoms. The molecule has 1 aromatic rings. The fourth-order valence-corrected chi connectivity index (χ4v) is 2.54. The minimum absolute atomic E-state index is 0.590. The highest BCUT2D eigenvalue weighted by atomic mass is 19.1. The van der Waals surface area contributed by atoms with E-state index < -0.39 is 5.67 Å². The Hall–Kier alpha value is -0.890. The fourth-order valence-electron chi connectivity index (χ4n) is 2.54. The summed E-state index contributed by atoms with van der Waals surface area (Å²) in [5.41, 5.74) is 6.44. The second-order valence-corrected chi connectivity index (χ2v) is 4.37. The number of alkyl halides is 1. The normalized spacial score (nSPS) is 19.3. The third-order valence-electron chi connectivity index (χ3n) is 3.31. The van der Waals surface area contributed by atoms with Gasteiger partial charge in [0.15, 0.2) is 0 Å². The Labute approximate surface area is 90.5 Å². The van der Waals surface area contributed by atoms with Crippen LogP contribution in [-0.4, -0.2) is 6.54 Å². The first-order chi connectivity index (χ1) is 7.26. The molecule has 0 radical (unpaired) electrons. The molecule has 2 rings (SSSR count). The standard InChI is InChI=1S/C13H18FN/c14-13(8-3-4-9-13)12-6-2-1-5-11(12)7-10-15/h1-2,5-6H,3-4,7-10,15H2. The van der Waals surface area contributed by atoms with Gasteiger partial charge in [-0.3, -0.25) is 0 Å². The molecule has 1 fully saturated rings. The average Bonchev–Trinajstić information content (AvgIpc) is 2.68. The zero-order chi connectivity index (χ0) is 10.7. The summed E-state index contributed by atoms with van der Waals surface area (Å²) in [7, 11) is 0. The number of hydrogen-bond acceptors (Lipinski definition) is 1. The molecular formula is C13H18FN. The lowest BCUT2D eigenvalue weighted by Gasteiger charge is -2.22. The summed E-state index contributed by atoms with van der Waals surface area (Å²) in [5, 5.41) is 0. The van der Waals surface area contributed by atoms with Crippen LogP contribution in [-0.2, 0) is 12.1 Å². The van der Waals surface area contributed by atoms with Crippen LogP contribution in [0.3, 0.4) is 0 Å². The Morgan fingerprint density at radius 3 is 2.53 bits per heavy atom. The maximum atomic E-state index is 14.6. The highest BCUT2D eigenvalue weighted by Gasteiger charge is 2.36. The molecular weight excluding hydrogens is 189 g/mol. The van der Waals surface area contributed by atoms with E-state index in [1.54, 1.807) is 0 Å². The molecule has 0 heterocycles. The molecule has 1 nitrogen and oxygen atoms in total. The zero-order valence-corrected chi connectivity index (χ0v) is 9.01. The lowest BCUT2D eigenvalue weighted by molar-refractivity contribution is 0.173. The maximum absolute atomic E-state index is 14.6. The van der Waals surface area contributed by atoms with Gasteiger partial charge in [0, 0.05) is 0 Å². The van der Waals surface area contributed by atoms with Crippen LogP contribution in [0.1, 0.15) is 36.8 Å². The molecule has 1 aliphatic carbocycles. The van der Waals surface area contributed by atoms with Crippen molar-refractivity contribution in [2.75, 3.05) is 6.54 Å². The van der Waals surface area contributed by atoms with E-state index in [0.29, 0.717) is 19.4 Å². The molecule has 0 aromatic heterocycles. The number of nitrogens with two attached hydrogens (primary N) is 1. The predicted molar refractivity (Wildman–Crippen MR) is 60.5 cm³/mol. The molecule has 0 amide bonds. The first kappa shape index (κ1) is 10.6. The molecule has 1 aliphatic rings. The van der Waals surface area contributed by atoms with Crippen LogP contribution in [0, 0.1) is 0 Å². The topological polar surface area (TPSA) is 26.0 Å². The molecule has 15 heavy (non-hydrogen) atoms. The predicted octanol–water partition coefficient (Wildman–Crippen LogP) is 2.93. The van der Waals surface area contributed by atoms with E-state index in [1.165, 1.54) is 0 Å². The molecule has 0 aliphatic heterocycles. The van der Waals surface area contributed by atoms with E-state index in [0.717, 1.165) is 30.4 Å². The van der Waals surface area contributed by atoms with Crippen LogP contribution in [0.2, 0.25) is 0 Å². The SMILES string of the molecule is NCCc1ccccc1C1(F)CCCC1. The van der Waals surface area contributed by atoms with Crippen molar-refractivity contribution in [2.24, 2.45) is 5.73 Å². The summed E-state index contributed by atoms with van der Waals surface area (Å²) in [5.74, 6) is 0. The fraction of sp³-hybridized carbons (Fsp3) is 0.538. The van der Waals surface area contributed by atoms with Crippen LogP contribution in [0.15, 0.2) is 24.3 Å². The maximum Gasteiger partial charge on any atom is 0.136 e. The Balaban J connectivity index is 2.33. The number of rotatable bonds is 3. The van der Waals surface area contributed by atoms with Gasteiger partial charge in [0.05, 0.1) is 0 Å². The Kier molecular flexibility index (Phi) is 3.06. The second-order valence-electron chi connectivity index (χ2n) is 4.37. The van der Waals surface area contributed by atoms with Crippen LogP contribution < -0.4 is 5.73 Å². The summed E-state index contributed by atoms with van der Waals surface area (Å²) >= 11 is 0. The monoisotopic (exact) mass is 207 g/mol. The smallest absolute Gasteiger partial charge is 0.136 e. The van der Waals surface area contributed by atoms with Crippen molar-refractivity contribution in [3.8, 4) is 0 Å². The molecule has 2 N–H and O–H groups in total. The van der Waals surface area contributed by atoms with Gasteiger partial charge in [-0.25, -0.2) is 4.39 Å². The average molecular weight is 207 g/mol. The molecule has 82 valence electrons. The van der Waals surface area contributed by atoms with Gasteiger partial charge in [0.1, 0.15) is 5.67 Å². The van der Waals surface area contributed by atoms with Crippen LogP contribution in [0.5, 0.6) is 0 Å². The summed E-state index contributed by atoms with van der Waals surface area (Å²) in [6, 6.07) is 7.82. The van der Waals surface area contributed by atoms with E-state index in [9.17, 15) is 4.39 Å². The van der Waals surface area contributed by atoms with Crippen LogP contribution >= 0.6 is 0 Å². The molecule has 0 atom stereocenters. The Morgan fingerprint density at radius 2 is 1.87 bits per heavy atom. The van der Waals surface area contributed by atoms with Gasteiger partial charge in [0.2, 0.25) is 0 Å². The Bertz CT molecular complexity index is 329. The van der Waals surface area contributed by atoms with Crippen molar-refractivity contribution in [1.82, 2.24) is 0 Å². The van der Waals surface area contributed by atoms with Gasteiger partial charge in [-0.1, -0.05) is 24.3 Å². The molecule has 2 heteroatoms. The van der Waals surface area contributed by atoms with Gasteiger partial charge in [-0.2, -0.15) is 0 Å². The van der Waals surface area contributed by atoms with Gasteiger partial charge in [-0.15, -0.1) is 0 Å². The number of hydrogen-bond donors (Lipinski definition) is 1. The third-order valence-corrected chi connectivity index (χ3v) is 3.31. The summed E-state index contributed by atoms with van der Waals surface area (Å²) in [4.78, 5) is 0. The van der Waals surface area contributed by atoms with Crippen molar-refractivity contribution < 1.29 is 4.39 Å². The third kappa shape index (κ3) is 2.05. The highest BCUT2D eigenvalue weighted by Crippen LogP contribution is 2.43. The molecule has 0 spiro atoms. The molecule has 1 aromatic carbocycles. The van der Waals surface area contributed by atoms with Crippen LogP contribution in [0.4, 0.5) is 4.39 Å². The zero-order valence-electron chi connectivity index (χ0n) is 9.01. The summed E-state index contributed by atoms with van der Waals surface area (Å²) < 4.78 is 14.6. The van der Waals surface area contributed by atoms with E-state index in [-0.39, 0.29) is 0 Å². The second kappa shape index (κ2) is 4.31. The van der Waals surface area contributed by atoms with E-state index >= 15 is 0 Å². The Morgan fingerprint density at radius 1 is 1.20 bits per heavy atom. The van der Waals surface area contributed by atoms with Crippen molar-refractivity contribution in [3.05, 3.63) is 35.4 Å². The van der Waals surface area contributed by atoms with Gasteiger partial charge in [0.25, 0.3) is 0 Å². The first-order valence-corrected chi connectivity index (χ1v) is 5.74. The number of halogens is 1. The van der Waals surface area contributed by atoms with Gasteiger partial charge >= 0.3 is 0 Å². The summed E-state index contributed by atoms with van der Waals surface area (Å²) in [6.07, 6.45) is 4.14. The highest BCUT2D eigenvalue weighted by molar-refractivity contribution is 5.33. The quantitative estimate of drug-likeness (QED) is 0.810. The molecule has 0 unspecified atom stereocenters. The minimum Gasteiger partial charge on any atom is -0.330 e. The lowest BCUT2D eigenvalue weighted by Crippen LogP contribution is -2.18. The van der Waals surface area contributed by atoms with Crippen molar-refractivity contribution >= 4 is 0 Å². The van der Waals surface area contributed by atoms with E-state index in [1.807, 2.05) is 24.3 Å².